The number of hydrogen-bond acceptors (Lipinski definition) is 7. The van der Waals surface area contributed by atoms with Gasteiger partial charge in [-0.3, -0.25) is 19.3 Å². The first kappa shape index (κ1) is 30.1. The molecule has 1 unspecified atom stereocenters. The molecule has 0 spiro atoms. The molecule has 2 aliphatic heterocycles. The summed E-state index contributed by atoms with van der Waals surface area (Å²) in [7, 11) is -2.21. The van der Waals surface area contributed by atoms with Crippen molar-refractivity contribution in [1.29, 1.82) is 0 Å². The second-order valence-electron chi connectivity index (χ2n) is 11.0. The summed E-state index contributed by atoms with van der Waals surface area (Å²) in [6, 6.07) is 20.5. The van der Waals surface area contributed by atoms with Crippen LogP contribution >= 0.6 is 0 Å². The number of sulfonamides is 1. The molecular weight excluding hydrogens is 600 g/mol. The fourth-order valence-electron chi connectivity index (χ4n) is 5.34. The van der Waals surface area contributed by atoms with E-state index in [1.54, 1.807) is 24.4 Å². The summed E-state index contributed by atoms with van der Waals surface area (Å²) in [5, 5.41) is 2.81. The highest BCUT2D eigenvalue weighted by molar-refractivity contribution is 7.92. The van der Waals surface area contributed by atoms with Crippen LogP contribution in [-0.4, -0.2) is 64.4 Å². The van der Waals surface area contributed by atoms with Crippen molar-refractivity contribution in [3.63, 3.8) is 0 Å². The third kappa shape index (κ3) is 6.61. The Bertz CT molecular complexity index is 1900. The van der Waals surface area contributed by atoms with E-state index in [4.69, 9.17) is 0 Å². The number of anilines is 3. The van der Waals surface area contributed by atoms with E-state index in [1.165, 1.54) is 24.3 Å². The molecule has 9 nitrogen and oxygen atoms in total. The molecule has 1 atom stereocenters. The fourth-order valence-corrected chi connectivity index (χ4v) is 6.43. The first-order valence-electron chi connectivity index (χ1n) is 14.2. The van der Waals surface area contributed by atoms with Gasteiger partial charge in [0.2, 0.25) is 5.91 Å². The van der Waals surface area contributed by atoms with Crippen LogP contribution in [0.4, 0.5) is 31.5 Å². The first-order valence-corrected chi connectivity index (χ1v) is 15.7. The van der Waals surface area contributed by atoms with Gasteiger partial charge in [0.05, 0.1) is 10.6 Å². The Kier molecular flexibility index (Phi) is 8.17. The number of nitrogens with one attached hydrogen (secondary N) is 2. The SMILES string of the molecule is CN1CCN(c2ccc(N=CC3C(=O)Nc4cc(C(=O)c5cccc(NS(=O)(=O)c6cc(F)cc(F)c6)c5)ccc43)cc2)CC1. The van der Waals surface area contributed by atoms with Gasteiger partial charge in [-0.05, 0) is 67.2 Å². The van der Waals surface area contributed by atoms with Crippen molar-refractivity contribution in [2.24, 2.45) is 4.99 Å². The topological polar surface area (TPSA) is 111 Å². The molecule has 0 bridgehead atoms. The molecule has 230 valence electrons. The number of halogens is 2. The highest BCUT2D eigenvalue weighted by Crippen LogP contribution is 2.34. The van der Waals surface area contributed by atoms with Gasteiger partial charge < -0.3 is 15.1 Å². The highest BCUT2D eigenvalue weighted by Gasteiger charge is 2.30. The van der Waals surface area contributed by atoms with Crippen molar-refractivity contribution >= 4 is 50.7 Å². The number of fused-ring (bicyclic) bond motifs is 1. The standard InChI is InChI=1S/C33H29F2N5O4S/c1-39-11-13-40(14-12-39)27-8-6-25(7-9-27)36-20-30-29-10-5-22(16-31(29)37-33(30)42)32(41)21-3-2-4-26(15-21)38-45(43,44)28-18-23(34)17-24(35)19-28/h2-10,15-20,30,38H,11-14H2,1H3,(H,37,42). The minimum absolute atomic E-state index is 0.0350. The third-order valence-corrected chi connectivity index (χ3v) is 9.17. The van der Waals surface area contributed by atoms with Crippen molar-refractivity contribution < 1.29 is 26.8 Å². The maximum Gasteiger partial charge on any atom is 0.262 e. The second-order valence-corrected chi connectivity index (χ2v) is 12.7. The van der Waals surface area contributed by atoms with Crippen LogP contribution in [0.15, 0.2) is 94.8 Å². The van der Waals surface area contributed by atoms with Gasteiger partial charge in [-0.25, -0.2) is 17.2 Å². The molecule has 4 aromatic carbocycles. The van der Waals surface area contributed by atoms with Crippen LogP contribution < -0.4 is 14.9 Å². The summed E-state index contributed by atoms with van der Waals surface area (Å²) in [6.07, 6.45) is 1.59. The van der Waals surface area contributed by atoms with E-state index in [0.717, 1.165) is 37.6 Å². The maximum absolute atomic E-state index is 13.6. The monoisotopic (exact) mass is 629 g/mol. The number of ketones is 1. The lowest BCUT2D eigenvalue weighted by atomic mass is 9.97. The maximum atomic E-state index is 13.6. The number of benzene rings is 4. The zero-order chi connectivity index (χ0) is 31.7. The van der Waals surface area contributed by atoms with E-state index in [2.05, 4.69) is 31.9 Å². The minimum Gasteiger partial charge on any atom is -0.369 e. The summed E-state index contributed by atoms with van der Waals surface area (Å²) in [5.74, 6) is -3.38. The predicted octanol–water partition coefficient (Wildman–Crippen LogP) is 5.19. The van der Waals surface area contributed by atoms with Crippen LogP contribution in [0.1, 0.15) is 27.4 Å². The Morgan fingerprint density at radius 2 is 1.60 bits per heavy atom. The molecule has 2 N–H and O–H groups in total. The van der Waals surface area contributed by atoms with Crippen molar-refractivity contribution in [2.75, 3.05) is 48.2 Å². The summed E-state index contributed by atoms with van der Waals surface area (Å²) in [4.78, 5) is 34.7. The normalized spacial score (nSPS) is 16.9. The summed E-state index contributed by atoms with van der Waals surface area (Å²) in [5.41, 5.74) is 3.50. The Labute approximate surface area is 259 Å². The number of likely N-dealkylation sites (N-methyl/N-ethyl adjacent to an activating group) is 1. The van der Waals surface area contributed by atoms with Crippen LogP contribution in [-0.2, 0) is 14.8 Å². The predicted molar refractivity (Wildman–Crippen MR) is 169 cm³/mol. The van der Waals surface area contributed by atoms with Crippen LogP contribution in [0.5, 0.6) is 0 Å². The van der Waals surface area contributed by atoms with Gasteiger partial charge in [-0.15, -0.1) is 0 Å². The van der Waals surface area contributed by atoms with Crippen molar-refractivity contribution in [2.45, 2.75) is 10.8 Å². The minimum atomic E-state index is -4.33. The van der Waals surface area contributed by atoms with E-state index < -0.39 is 38.3 Å². The molecule has 1 amide bonds. The molecule has 1 saturated heterocycles. The largest absolute Gasteiger partial charge is 0.369 e. The Balaban J connectivity index is 1.15. The van der Waals surface area contributed by atoms with Crippen molar-refractivity contribution in [3.8, 4) is 0 Å². The van der Waals surface area contributed by atoms with Crippen LogP contribution in [0, 0.1) is 11.6 Å². The summed E-state index contributed by atoms with van der Waals surface area (Å²) < 4.78 is 54.8. The molecule has 2 heterocycles. The average molecular weight is 630 g/mol. The van der Waals surface area contributed by atoms with Gasteiger partial charge >= 0.3 is 0 Å². The lowest BCUT2D eigenvalue weighted by Gasteiger charge is -2.34. The second kappa shape index (κ2) is 12.2. The number of piperazine rings is 1. The Morgan fingerprint density at radius 1 is 0.911 bits per heavy atom. The smallest absolute Gasteiger partial charge is 0.262 e. The molecule has 0 saturated carbocycles. The van der Waals surface area contributed by atoms with Gasteiger partial charge in [-0.1, -0.05) is 24.3 Å². The van der Waals surface area contributed by atoms with Crippen LogP contribution in [0.3, 0.4) is 0 Å². The number of rotatable bonds is 8. The van der Waals surface area contributed by atoms with E-state index in [-0.39, 0.29) is 22.7 Å². The molecule has 6 rings (SSSR count). The Hall–Kier alpha value is -4.94. The fraction of sp³-hybridized carbons (Fsp3) is 0.182. The third-order valence-electron chi connectivity index (χ3n) is 7.81. The van der Waals surface area contributed by atoms with Crippen molar-refractivity contribution in [1.82, 2.24) is 4.90 Å². The first-order chi connectivity index (χ1) is 21.6. The van der Waals surface area contributed by atoms with E-state index in [9.17, 15) is 26.8 Å². The van der Waals surface area contributed by atoms with Gasteiger partial charge in [0.1, 0.15) is 17.6 Å². The van der Waals surface area contributed by atoms with Crippen LogP contribution in [0.2, 0.25) is 0 Å². The molecule has 0 aliphatic carbocycles. The lowest BCUT2D eigenvalue weighted by molar-refractivity contribution is -0.115. The molecular formula is C33H29F2N5O4S. The van der Waals surface area contributed by atoms with Gasteiger partial charge in [0.25, 0.3) is 10.0 Å². The molecule has 2 aliphatic rings. The summed E-state index contributed by atoms with van der Waals surface area (Å²) in [6.45, 7) is 3.95. The highest BCUT2D eigenvalue weighted by atomic mass is 32.2. The van der Waals surface area contributed by atoms with Gasteiger partial charge in [0, 0.05) is 66.6 Å². The quantitative estimate of drug-likeness (QED) is 0.205. The number of carbonyl (C=O) groups excluding carboxylic acids is 2. The summed E-state index contributed by atoms with van der Waals surface area (Å²) >= 11 is 0. The molecule has 45 heavy (non-hydrogen) atoms. The molecule has 1 fully saturated rings. The van der Waals surface area contributed by atoms with Crippen LogP contribution in [0.25, 0.3) is 0 Å². The number of carbonyl (C=O) groups is 2. The molecule has 4 aromatic rings. The molecule has 0 aromatic heterocycles. The van der Waals surface area contributed by atoms with E-state index >= 15 is 0 Å². The van der Waals surface area contributed by atoms with E-state index in [0.29, 0.717) is 29.4 Å². The zero-order valence-electron chi connectivity index (χ0n) is 24.2. The average Bonchev–Trinajstić information content (AvgIpc) is 3.33. The zero-order valence-corrected chi connectivity index (χ0v) is 25.0. The number of nitrogens with zero attached hydrogens (tertiary/aromatic N) is 3. The number of hydrogen-bond donors (Lipinski definition) is 2. The number of aliphatic imine (C=N–C) groups is 1. The lowest BCUT2D eigenvalue weighted by Crippen LogP contribution is -2.44. The number of amides is 1. The van der Waals surface area contributed by atoms with Crippen molar-refractivity contribution in [3.05, 3.63) is 113 Å². The Morgan fingerprint density at radius 3 is 2.31 bits per heavy atom. The molecule has 12 heteroatoms. The van der Waals surface area contributed by atoms with Gasteiger partial charge in [0.15, 0.2) is 5.78 Å². The molecule has 0 radical (unpaired) electrons. The van der Waals surface area contributed by atoms with Gasteiger partial charge in [-0.2, -0.15) is 0 Å². The van der Waals surface area contributed by atoms with E-state index in [1.807, 2.05) is 24.3 Å².